The first-order valence-electron chi connectivity index (χ1n) is 6.18. The fraction of sp³-hybridized carbons (Fsp3) is 0.429. The van der Waals surface area contributed by atoms with Crippen LogP contribution in [0.1, 0.15) is 32.8 Å². The lowest BCUT2D eigenvalue weighted by Crippen LogP contribution is -2.32. The average Bonchev–Trinajstić information content (AvgIpc) is 2.80. The molecule has 2 rings (SSSR count). The van der Waals surface area contributed by atoms with Gasteiger partial charge in [0.2, 0.25) is 6.10 Å². The van der Waals surface area contributed by atoms with Crippen molar-refractivity contribution in [2.24, 2.45) is 5.16 Å². The maximum absolute atomic E-state index is 13.9. The van der Waals surface area contributed by atoms with Gasteiger partial charge in [-0.25, -0.2) is 9.18 Å². The normalized spacial score (nSPS) is 18.4. The summed E-state index contributed by atoms with van der Waals surface area (Å²) in [7, 11) is 0. The molecule has 0 saturated carbocycles. The van der Waals surface area contributed by atoms with Crippen molar-refractivity contribution in [1.29, 1.82) is 0 Å². The number of hydrogen-bond acceptors (Lipinski definition) is 4. The van der Waals surface area contributed by atoms with Gasteiger partial charge >= 0.3 is 5.97 Å². The smallest absolute Gasteiger partial charge is 0.351 e. The lowest BCUT2D eigenvalue weighted by atomic mass is 10.0. The predicted octanol–water partition coefficient (Wildman–Crippen LogP) is 3.31. The number of benzene rings is 1. The van der Waals surface area contributed by atoms with Crippen LogP contribution in [-0.4, -0.2) is 23.4 Å². The quantitative estimate of drug-likeness (QED) is 0.787. The van der Waals surface area contributed by atoms with Crippen molar-refractivity contribution in [3.63, 3.8) is 0 Å². The first-order valence-corrected chi connectivity index (χ1v) is 6.55. The second-order valence-corrected chi connectivity index (χ2v) is 5.88. The van der Waals surface area contributed by atoms with E-state index in [1.807, 2.05) is 0 Å². The number of esters is 1. The van der Waals surface area contributed by atoms with Gasteiger partial charge in [-0.3, -0.25) is 0 Å². The highest BCUT2D eigenvalue weighted by molar-refractivity contribution is 6.31. The molecule has 0 N–H and O–H groups in total. The fourth-order valence-electron chi connectivity index (χ4n) is 1.76. The van der Waals surface area contributed by atoms with E-state index >= 15 is 0 Å². The number of carbonyl (C=O) groups is 1. The Hall–Kier alpha value is -1.62. The Morgan fingerprint density at radius 1 is 1.50 bits per heavy atom. The van der Waals surface area contributed by atoms with Gasteiger partial charge in [-0.1, -0.05) is 22.8 Å². The molecule has 1 aromatic rings. The third-order valence-corrected chi connectivity index (χ3v) is 2.89. The summed E-state index contributed by atoms with van der Waals surface area (Å²) in [5.41, 5.74) is -0.0192. The molecule has 1 heterocycles. The van der Waals surface area contributed by atoms with Crippen LogP contribution in [0.3, 0.4) is 0 Å². The summed E-state index contributed by atoms with van der Waals surface area (Å²) in [5, 5.41) is 3.76. The molecule has 1 aromatic carbocycles. The molecule has 0 fully saturated rings. The number of nitrogens with zero attached hydrogens (tertiary/aromatic N) is 1. The van der Waals surface area contributed by atoms with Crippen molar-refractivity contribution in [2.75, 3.05) is 0 Å². The Morgan fingerprint density at radius 2 is 2.20 bits per heavy atom. The highest BCUT2D eigenvalue weighted by Gasteiger charge is 2.33. The molecule has 0 radical (unpaired) electrons. The van der Waals surface area contributed by atoms with E-state index in [9.17, 15) is 9.18 Å². The third-order valence-electron chi connectivity index (χ3n) is 2.60. The summed E-state index contributed by atoms with van der Waals surface area (Å²) >= 11 is 5.72. The predicted molar refractivity (Wildman–Crippen MR) is 73.3 cm³/mol. The average molecular weight is 300 g/mol. The van der Waals surface area contributed by atoms with Gasteiger partial charge in [0.1, 0.15) is 5.60 Å². The second kappa shape index (κ2) is 5.40. The minimum absolute atomic E-state index is 0.00548. The molecule has 6 heteroatoms. The number of oxime groups is 1. The maximum atomic E-state index is 13.9. The van der Waals surface area contributed by atoms with Crippen molar-refractivity contribution >= 4 is 23.3 Å². The molecule has 4 nitrogen and oxygen atoms in total. The molecular weight excluding hydrogens is 285 g/mol. The van der Waals surface area contributed by atoms with Gasteiger partial charge in [-0.15, -0.1) is 0 Å². The van der Waals surface area contributed by atoms with E-state index in [1.165, 1.54) is 6.07 Å². The largest absolute Gasteiger partial charge is 0.457 e. The van der Waals surface area contributed by atoms with Crippen molar-refractivity contribution in [3.05, 3.63) is 34.6 Å². The number of hydrogen-bond donors (Lipinski definition) is 0. The molecule has 0 amide bonds. The lowest BCUT2D eigenvalue weighted by molar-refractivity contribution is -0.166. The van der Waals surface area contributed by atoms with E-state index in [0.717, 1.165) is 0 Å². The van der Waals surface area contributed by atoms with Gasteiger partial charge in [0.25, 0.3) is 0 Å². The van der Waals surface area contributed by atoms with Crippen LogP contribution in [0.4, 0.5) is 4.39 Å². The summed E-state index contributed by atoms with van der Waals surface area (Å²) in [6.07, 6.45) is -0.686. The van der Waals surface area contributed by atoms with Crippen molar-refractivity contribution in [2.45, 2.75) is 38.9 Å². The van der Waals surface area contributed by atoms with Crippen LogP contribution in [0.5, 0.6) is 0 Å². The van der Waals surface area contributed by atoms with Gasteiger partial charge in [-0.05, 0) is 32.9 Å². The Labute approximate surface area is 121 Å². The van der Waals surface area contributed by atoms with Gasteiger partial charge in [0, 0.05) is 12.0 Å². The van der Waals surface area contributed by atoms with E-state index < -0.39 is 23.5 Å². The number of carbonyl (C=O) groups excluding carboxylic acids is 1. The van der Waals surface area contributed by atoms with E-state index in [1.54, 1.807) is 32.9 Å². The Kier molecular flexibility index (Phi) is 3.99. The zero-order chi connectivity index (χ0) is 14.9. The molecular formula is C14H15ClFNO3. The molecule has 0 bridgehead atoms. The standard InChI is InChI=1S/C14H15ClFNO3/c1-14(2,3)19-13(18)11-7-10(17-20-11)8-5-4-6-9(15)12(8)16/h4-6,11H,7H2,1-3H3/t11-/m0/s1. The molecule has 1 aliphatic heterocycles. The van der Waals surface area contributed by atoms with E-state index in [2.05, 4.69) is 5.16 Å². The molecule has 0 spiro atoms. The zero-order valence-corrected chi connectivity index (χ0v) is 12.2. The van der Waals surface area contributed by atoms with E-state index in [0.29, 0.717) is 5.71 Å². The van der Waals surface area contributed by atoms with Crippen molar-refractivity contribution < 1.29 is 18.8 Å². The number of ether oxygens (including phenoxy) is 1. The minimum atomic E-state index is -0.845. The summed E-state index contributed by atoms with van der Waals surface area (Å²) in [5.74, 6) is -1.08. The van der Waals surface area contributed by atoms with Crippen LogP contribution >= 0.6 is 11.6 Å². The van der Waals surface area contributed by atoms with Crippen LogP contribution in [0.2, 0.25) is 5.02 Å². The highest BCUT2D eigenvalue weighted by atomic mass is 35.5. The molecule has 0 aromatic heterocycles. The zero-order valence-electron chi connectivity index (χ0n) is 11.4. The number of halogens is 2. The first kappa shape index (κ1) is 14.8. The van der Waals surface area contributed by atoms with Crippen LogP contribution in [-0.2, 0) is 14.4 Å². The van der Waals surface area contributed by atoms with Crippen LogP contribution in [0.25, 0.3) is 0 Å². The van der Waals surface area contributed by atoms with Gasteiger partial charge < -0.3 is 9.57 Å². The second-order valence-electron chi connectivity index (χ2n) is 5.47. The molecule has 0 aliphatic carbocycles. The van der Waals surface area contributed by atoms with E-state index in [-0.39, 0.29) is 17.0 Å². The topological polar surface area (TPSA) is 47.9 Å². The lowest BCUT2D eigenvalue weighted by Gasteiger charge is -2.20. The van der Waals surface area contributed by atoms with Crippen LogP contribution in [0.15, 0.2) is 23.4 Å². The Balaban J connectivity index is 2.09. The monoisotopic (exact) mass is 299 g/mol. The number of rotatable bonds is 2. The maximum Gasteiger partial charge on any atom is 0.351 e. The molecule has 1 atom stereocenters. The minimum Gasteiger partial charge on any atom is -0.457 e. The molecule has 108 valence electrons. The Bertz CT molecular complexity index is 566. The third kappa shape index (κ3) is 3.28. The van der Waals surface area contributed by atoms with Crippen LogP contribution in [0, 0.1) is 5.82 Å². The first-order chi connectivity index (χ1) is 9.28. The SMILES string of the molecule is CC(C)(C)OC(=O)[C@@H]1CC(c2cccc(Cl)c2F)=NO1. The highest BCUT2D eigenvalue weighted by Crippen LogP contribution is 2.24. The van der Waals surface area contributed by atoms with Crippen LogP contribution < -0.4 is 0 Å². The summed E-state index contributed by atoms with van der Waals surface area (Å²) < 4.78 is 19.1. The van der Waals surface area contributed by atoms with Crippen molar-refractivity contribution in [3.8, 4) is 0 Å². The summed E-state index contributed by atoms with van der Waals surface area (Å²) in [4.78, 5) is 16.9. The van der Waals surface area contributed by atoms with E-state index in [4.69, 9.17) is 21.2 Å². The summed E-state index contributed by atoms with van der Waals surface area (Å²) in [6.45, 7) is 5.29. The Morgan fingerprint density at radius 3 is 2.85 bits per heavy atom. The van der Waals surface area contributed by atoms with Gasteiger partial charge in [-0.2, -0.15) is 0 Å². The fourth-order valence-corrected chi connectivity index (χ4v) is 1.93. The van der Waals surface area contributed by atoms with Gasteiger partial charge in [0.15, 0.2) is 5.82 Å². The summed E-state index contributed by atoms with van der Waals surface area (Å²) in [6, 6.07) is 4.60. The molecule has 1 aliphatic rings. The molecule has 20 heavy (non-hydrogen) atoms. The molecule has 0 unspecified atom stereocenters. The van der Waals surface area contributed by atoms with Gasteiger partial charge in [0.05, 0.1) is 10.7 Å². The molecule has 0 saturated heterocycles. The van der Waals surface area contributed by atoms with Crippen molar-refractivity contribution in [1.82, 2.24) is 0 Å².